The van der Waals surface area contributed by atoms with E-state index in [9.17, 15) is 9.59 Å². The summed E-state index contributed by atoms with van der Waals surface area (Å²) >= 11 is 0. The van der Waals surface area contributed by atoms with E-state index in [0.29, 0.717) is 23.7 Å². The minimum Gasteiger partial charge on any atom is -0.294 e. The number of aryl methyl sites for hydroxylation is 2. The first kappa shape index (κ1) is 17.3. The van der Waals surface area contributed by atoms with Crippen LogP contribution in [0.5, 0.6) is 0 Å². The summed E-state index contributed by atoms with van der Waals surface area (Å²) in [6.45, 7) is 6.50. The van der Waals surface area contributed by atoms with Gasteiger partial charge in [0.1, 0.15) is 0 Å². The number of hydrazone groups is 1. The zero-order valence-corrected chi connectivity index (χ0v) is 16.1. The summed E-state index contributed by atoms with van der Waals surface area (Å²) in [4.78, 5) is 29.8. The molecule has 0 radical (unpaired) electrons. The van der Waals surface area contributed by atoms with Crippen LogP contribution < -0.4 is 16.3 Å². The summed E-state index contributed by atoms with van der Waals surface area (Å²) in [5.41, 5.74) is 3.22. The van der Waals surface area contributed by atoms with Gasteiger partial charge >= 0.3 is 5.69 Å². The lowest BCUT2D eigenvalue weighted by Gasteiger charge is -2.29. The topological polar surface area (TPSA) is 77.4 Å². The minimum absolute atomic E-state index is 0.121. The molecule has 0 unspecified atom stereocenters. The SMILES string of the molecule is CC1=NN(Cc2cccc(C)c2)c2nc3c(c(=O)n(C)c(=O)n3C)n2[C@H]1C. The van der Waals surface area contributed by atoms with Gasteiger partial charge in [-0.1, -0.05) is 29.8 Å². The maximum absolute atomic E-state index is 12.8. The van der Waals surface area contributed by atoms with E-state index in [1.54, 1.807) is 12.1 Å². The first-order valence-electron chi connectivity index (χ1n) is 8.85. The highest BCUT2D eigenvalue weighted by Crippen LogP contribution is 2.30. The molecule has 2 aromatic heterocycles. The van der Waals surface area contributed by atoms with Gasteiger partial charge in [0, 0.05) is 14.1 Å². The second kappa shape index (κ2) is 5.94. The number of anilines is 1. The van der Waals surface area contributed by atoms with Gasteiger partial charge in [0.25, 0.3) is 5.56 Å². The molecule has 8 heteroatoms. The minimum atomic E-state index is -0.390. The molecule has 0 spiro atoms. The highest BCUT2D eigenvalue weighted by molar-refractivity contribution is 5.91. The summed E-state index contributed by atoms with van der Waals surface area (Å²) in [6.07, 6.45) is 0. The standard InChI is InChI=1S/C19H22N6O2/c1-11-7-6-8-14(9-11)10-24-18-20-16-15(25(18)13(3)12(2)21-24)17(26)23(5)19(27)22(16)4/h6-9,13H,10H2,1-5H3/t13-/m0/s1. The molecule has 0 aliphatic carbocycles. The smallest absolute Gasteiger partial charge is 0.294 e. The third kappa shape index (κ3) is 2.51. The Morgan fingerprint density at radius 2 is 1.85 bits per heavy atom. The zero-order valence-electron chi connectivity index (χ0n) is 16.1. The molecule has 0 saturated heterocycles. The Hall–Kier alpha value is -3.16. The van der Waals surface area contributed by atoms with Gasteiger partial charge in [0.05, 0.1) is 18.3 Å². The van der Waals surface area contributed by atoms with Gasteiger partial charge in [-0.3, -0.25) is 18.5 Å². The van der Waals surface area contributed by atoms with E-state index >= 15 is 0 Å². The van der Waals surface area contributed by atoms with Crippen molar-refractivity contribution in [3.05, 3.63) is 56.2 Å². The van der Waals surface area contributed by atoms with Crippen LogP contribution in [0.2, 0.25) is 0 Å². The van der Waals surface area contributed by atoms with Gasteiger partial charge < -0.3 is 0 Å². The Labute approximate surface area is 156 Å². The first-order chi connectivity index (χ1) is 12.8. The molecule has 0 amide bonds. The number of benzene rings is 1. The van der Waals surface area contributed by atoms with Crippen molar-refractivity contribution >= 4 is 22.8 Å². The molecule has 0 N–H and O–H groups in total. The molecule has 0 fully saturated rings. The van der Waals surface area contributed by atoms with Gasteiger partial charge in [-0.25, -0.2) is 9.80 Å². The van der Waals surface area contributed by atoms with E-state index in [-0.39, 0.29) is 11.6 Å². The van der Waals surface area contributed by atoms with Crippen LogP contribution in [-0.4, -0.2) is 24.4 Å². The normalized spacial score (nSPS) is 16.6. The first-order valence-corrected chi connectivity index (χ1v) is 8.85. The second-order valence-corrected chi connectivity index (χ2v) is 7.12. The predicted octanol–water partition coefficient (Wildman–Crippen LogP) is 1.70. The summed E-state index contributed by atoms with van der Waals surface area (Å²) in [6, 6.07) is 8.08. The Morgan fingerprint density at radius 1 is 1.11 bits per heavy atom. The molecule has 0 saturated carbocycles. The summed E-state index contributed by atoms with van der Waals surface area (Å²) in [5.74, 6) is 0.572. The van der Waals surface area contributed by atoms with E-state index in [4.69, 9.17) is 5.10 Å². The predicted molar refractivity (Wildman–Crippen MR) is 105 cm³/mol. The van der Waals surface area contributed by atoms with Crippen molar-refractivity contribution in [1.29, 1.82) is 0 Å². The van der Waals surface area contributed by atoms with Crippen molar-refractivity contribution in [3.63, 3.8) is 0 Å². The third-order valence-electron chi connectivity index (χ3n) is 5.19. The Morgan fingerprint density at radius 3 is 2.56 bits per heavy atom. The van der Waals surface area contributed by atoms with Crippen LogP contribution in [0.3, 0.4) is 0 Å². The summed E-state index contributed by atoms with van der Waals surface area (Å²) in [5, 5.41) is 6.50. The monoisotopic (exact) mass is 366 g/mol. The van der Waals surface area contributed by atoms with E-state index < -0.39 is 5.69 Å². The Balaban J connectivity index is 1.97. The van der Waals surface area contributed by atoms with Crippen LogP contribution in [0, 0.1) is 6.92 Å². The number of imidazole rings is 1. The van der Waals surface area contributed by atoms with Crippen molar-refractivity contribution < 1.29 is 0 Å². The fraction of sp³-hybridized carbons (Fsp3) is 0.368. The zero-order chi connectivity index (χ0) is 19.5. The fourth-order valence-electron chi connectivity index (χ4n) is 3.55. The van der Waals surface area contributed by atoms with Crippen molar-refractivity contribution in [2.45, 2.75) is 33.4 Å². The molecule has 27 heavy (non-hydrogen) atoms. The lowest BCUT2D eigenvalue weighted by atomic mass is 10.1. The van der Waals surface area contributed by atoms with Crippen LogP contribution >= 0.6 is 0 Å². The molecule has 0 bridgehead atoms. The molecule has 1 atom stereocenters. The van der Waals surface area contributed by atoms with Crippen molar-refractivity contribution in [2.75, 3.05) is 5.01 Å². The number of nitrogens with zero attached hydrogens (tertiary/aromatic N) is 6. The van der Waals surface area contributed by atoms with Crippen molar-refractivity contribution in [3.8, 4) is 0 Å². The maximum atomic E-state index is 12.8. The van der Waals surface area contributed by atoms with Gasteiger partial charge in [0.15, 0.2) is 11.2 Å². The van der Waals surface area contributed by atoms with E-state index in [0.717, 1.165) is 15.8 Å². The fourth-order valence-corrected chi connectivity index (χ4v) is 3.55. The van der Waals surface area contributed by atoms with E-state index in [1.165, 1.54) is 17.2 Å². The largest absolute Gasteiger partial charge is 0.332 e. The average Bonchev–Trinajstić information content (AvgIpc) is 3.04. The molecule has 4 rings (SSSR count). The lowest BCUT2D eigenvalue weighted by Crippen LogP contribution is -2.38. The molecule has 3 aromatic rings. The van der Waals surface area contributed by atoms with Crippen LogP contribution in [0.25, 0.3) is 11.2 Å². The molecule has 3 heterocycles. The lowest BCUT2D eigenvalue weighted by molar-refractivity contribution is 0.634. The van der Waals surface area contributed by atoms with Crippen molar-refractivity contribution in [1.82, 2.24) is 18.7 Å². The number of rotatable bonds is 2. The summed E-state index contributed by atoms with van der Waals surface area (Å²) < 4.78 is 4.42. The molecular weight excluding hydrogens is 344 g/mol. The van der Waals surface area contributed by atoms with Crippen LogP contribution in [0.4, 0.5) is 5.95 Å². The van der Waals surface area contributed by atoms with Gasteiger partial charge in [-0.05, 0) is 26.3 Å². The van der Waals surface area contributed by atoms with Crippen LogP contribution in [-0.2, 0) is 20.6 Å². The maximum Gasteiger partial charge on any atom is 0.332 e. The second-order valence-electron chi connectivity index (χ2n) is 7.12. The van der Waals surface area contributed by atoms with Crippen LogP contribution in [0.15, 0.2) is 39.0 Å². The Bertz CT molecular complexity index is 1210. The van der Waals surface area contributed by atoms with Gasteiger partial charge in [0.2, 0.25) is 5.95 Å². The molecule has 1 aromatic carbocycles. The number of hydrogen-bond donors (Lipinski definition) is 0. The number of fused-ring (bicyclic) bond motifs is 3. The number of hydrogen-bond acceptors (Lipinski definition) is 5. The van der Waals surface area contributed by atoms with Gasteiger partial charge in [-0.15, -0.1) is 0 Å². The molecule has 8 nitrogen and oxygen atoms in total. The molecule has 140 valence electrons. The molecule has 1 aliphatic rings. The highest BCUT2D eigenvalue weighted by atomic mass is 16.2. The van der Waals surface area contributed by atoms with E-state index in [1.807, 2.05) is 43.5 Å². The molecular formula is C19H22N6O2. The number of aromatic nitrogens is 4. The summed E-state index contributed by atoms with van der Waals surface area (Å²) in [7, 11) is 3.12. The van der Waals surface area contributed by atoms with E-state index in [2.05, 4.69) is 11.1 Å². The van der Waals surface area contributed by atoms with Crippen molar-refractivity contribution in [2.24, 2.45) is 19.2 Å². The van der Waals surface area contributed by atoms with Gasteiger partial charge in [-0.2, -0.15) is 10.1 Å². The van der Waals surface area contributed by atoms with Crippen LogP contribution in [0.1, 0.15) is 31.0 Å². The highest BCUT2D eigenvalue weighted by Gasteiger charge is 2.30. The average molecular weight is 366 g/mol. The quantitative estimate of drug-likeness (QED) is 0.692. The Kier molecular flexibility index (Phi) is 3.80. The third-order valence-corrected chi connectivity index (χ3v) is 5.19. The molecule has 1 aliphatic heterocycles.